The van der Waals surface area contributed by atoms with Crippen LogP contribution in [-0.2, 0) is 24.2 Å². The molecular formula is C29H38FN3O4. The van der Waals surface area contributed by atoms with Crippen LogP contribution < -0.4 is 14.2 Å². The molecule has 200 valence electrons. The molecule has 1 fully saturated rings. The van der Waals surface area contributed by atoms with Crippen molar-refractivity contribution in [2.45, 2.75) is 51.3 Å². The van der Waals surface area contributed by atoms with Gasteiger partial charge in [0.05, 0.1) is 13.7 Å². The molecule has 0 radical (unpaired) electrons. The van der Waals surface area contributed by atoms with Crippen molar-refractivity contribution in [3.05, 3.63) is 72.1 Å². The van der Waals surface area contributed by atoms with Crippen LogP contribution in [0.4, 0.5) is 4.39 Å². The molecule has 0 saturated carbocycles. The Kier molecular flexibility index (Phi) is 9.41. The average molecular weight is 512 g/mol. The summed E-state index contributed by atoms with van der Waals surface area (Å²) in [4.78, 5) is 6.80. The molecule has 0 aliphatic carbocycles. The maximum atomic E-state index is 14.0. The van der Waals surface area contributed by atoms with Gasteiger partial charge in [-0.15, -0.1) is 0 Å². The van der Waals surface area contributed by atoms with Gasteiger partial charge in [0.25, 0.3) is 0 Å². The summed E-state index contributed by atoms with van der Waals surface area (Å²) in [5.74, 6) is 2.45. The summed E-state index contributed by atoms with van der Waals surface area (Å²) in [6.45, 7) is 6.31. The van der Waals surface area contributed by atoms with Gasteiger partial charge in [0.15, 0.2) is 23.1 Å². The molecule has 1 saturated heterocycles. The number of imidazole rings is 1. The molecule has 1 aliphatic rings. The fourth-order valence-electron chi connectivity index (χ4n) is 4.86. The van der Waals surface area contributed by atoms with Crippen LogP contribution in [0.1, 0.15) is 37.6 Å². The van der Waals surface area contributed by atoms with E-state index in [0.29, 0.717) is 13.2 Å². The average Bonchev–Trinajstić information content (AvgIpc) is 3.28. The highest BCUT2D eigenvalue weighted by Crippen LogP contribution is 2.31. The van der Waals surface area contributed by atoms with Crippen LogP contribution in [0.15, 0.2) is 54.9 Å². The number of methoxy groups -OCH3 is 2. The van der Waals surface area contributed by atoms with Gasteiger partial charge in [0.1, 0.15) is 24.6 Å². The summed E-state index contributed by atoms with van der Waals surface area (Å²) in [5.41, 5.74) is 0.732. The molecule has 4 rings (SSSR count). The zero-order valence-electron chi connectivity index (χ0n) is 22.1. The molecular weight excluding hydrogens is 473 g/mol. The molecule has 1 aromatic heterocycles. The van der Waals surface area contributed by atoms with E-state index in [1.54, 1.807) is 32.4 Å². The summed E-state index contributed by atoms with van der Waals surface area (Å²) in [5, 5.41) is 0. The van der Waals surface area contributed by atoms with Crippen molar-refractivity contribution in [3.8, 4) is 17.2 Å². The molecule has 3 aromatic rings. The van der Waals surface area contributed by atoms with Crippen LogP contribution in [0, 0.1) is 5.82 Å². The summed E-state index contributed by atoms with van der Waals surface area (Å²) in [7, 11) is 3.39. The minimum atomic E-state index is -0.435. The molecule has 37 heavy (non-hydrogen) atoms. The van der Waals surface area contributed by atoms with E-state index in [-0.39, 0.29) is 11.6 Å². The van der Waals surface area contributed by atoms with Crippen molar-refractivity contribution >= 4 is 0 Å². The Bertz CT molecular complexity index is 1140. The Hall–Kier alpha value is -3.10. The van der Waals surface area contributed by atoms with Crippen molar-refractivity contribution in [2.75, 3.05) is 40.5 Å². The standard InChI is InChI=1S/C29H38FN3O4/c1-4-28-31-14-17-33(28)18-19-36-27-20-23(10-11-26(27)34-2)21-32-15-7-12-29(35-3,13-16-32)22-37-25-9-6-5-8-24(25)30/h5-6,8-11,14,17,20H,4,7,12-13,15-16,18-19,21-22H2,1-3H3/t29-/m0/s1. The fraction of sp³-hybridized carbons (Fsp3) is 0.483. The number of rotatable bonds is 12. The first kappa shape index (κ1) is 26.9. The molecule has 2 heterocycles. The number of hydrogen-bond donors (Lipinski definition) is 0. The number of ether oxygens (including phenoxy) is 4. The molecule has 0 N–H and O–H groups in total. The number of para-hydroxylation sites is 1. The van der Waals surface area contributed by atoms with Crippen molar-refractivity contribution in [3.63, 3.8) is 0 Å². The second-order valence-corrected chi connectivity index (χ2v) is 9.46. The number of aryl methyl sites for hydroxylation is 1. The van der Waals surface area contributed by atoms with Crippen LogP contribution in [0.25, 0.3) is 0 Å². The van der Waals surface area contributed by atoms with Crippen LogP contribution in [-0.4, -0.2) is 60.6 Å². The quantitative estimate of drug-likeness (QED) is 0.336. The highest BCUT2D eigenvalue weighted by molar-refractivity contribution is 5.43. The Morgan fingerprint density at radius 2 is 1.86 bits per heavy atom. The van der Waals surface area contributed by atoms with Gasteiger partial charge in [-0.1, -0.05) is 25.1 Å². The van der Waals surface area contributed by atoms with Crippen molar-refractivity contribution in [1.29, 1.82) is 0 Å². The highest BCUT2D eigenvalue weighted by atomic mass is 19.1. The zero-order valence-corrected chi connectivity index (χ0v) is 22.1. The third-order valence-corrected chi connectivity index (χ3v) is 7.09. The van der Waals surface area contributed by atoms with Gasteiger partial charge in [0.2, 0.25) is 0 Å². The van der Waals surface area contributed by atoms with E-state index in [0.717, 1.165) is 69.2 Å². The SMILES string of the molecule is CCc1nccn1CCOc1cc(CN2CCC[C@](COc3ccccc3F)(OC)CC2)ccc1OC. The number of halogens is 1. The Labute approximate surface area is 219 Å². The van der Waals surface area contributed by atoms with Crippen LogP contribution in [0.2, 0.25) is 0 Å². The number of benzene rings is 2. The molecule has 0 unspecified atom stereocenters. The molecule has 8 heteroatoms. The second kappa shape index (κ2) is 12.9. The maximum Gasteiger partial charge on any atom is 0.165 e. The molecule has 0 amide bonds. The lowest BCUT2D eigenvalue weighted by molar-refractivity contribution is -0.0548. The maximum absolute atomic E-state index is 14.0. The smallest absolute Gasteiger partial charge is 0.165 e. The first-order valence-corrected chi connectivity index (χ1v) is 13.0. The van der Waals surface area contributed by atoms with E-state index in [1.807, 2.05) is 18.5 Å². The molecule has 1 aliphatic heterocycles. The highest BCUT2D eigenvalue weighted by Gasteiger charge is 2.34. The largest absolute Gasteiger partial charge is 0.493 e. The van der Waals surface area contributed by atoms with Gasteiger partial charge in [-0.2, -0.15) is 0 Å². The van der Waals surface area contributed by atoms with Crippen LogP contribution in [0.5, 0.6) is 17.2 Å². The predicted octanol–water partition coefficient (Wildman–Crippen LogP) is 5.12. The fourth-order valence-corrected chi connectivity index (χ4v) is 4.86. The van der Waals surface area contributed by atoms with Crippen molar-refractivity contribution in [2.24, 2.45) is 0 Å². The van der Waals surface area contributed by atoms with Gasteiger partial charge in [0, 0.05) is 39.0 Å². The van der Waals surface area contributed by atoms with E-state index in [9.17, 15) is 4.39 Å². The Balaban J connectivity index is 1.34. The molecule has 7 nitrogen and oxygen atoms in total. The number of likely N-dealkylation sites (tertiary alicyclic amines) is 1. The zero-order chi connectivity index (χ0) is 26.1. The first-order chi connectivity index (χ1) is 18.1. The normalized spacial score (nSPS) is 18.4. The first-order valence-electron chi connectivity index (χ1n) is 13.0. The predicted molar refractivity (Wildman–Crippen MR) is 141 cm³/mol. The van der Waals surface area contributed by atoms with E-state index in [4.69, 9.17) is 18.9 Å². The van der Waals surface area contributed by atoms with Crippen LogP contribution >= 0.6 is 0 Å². The van der Waals surface area contributed by atoms with E-state index in [1.165, 1.54) is 11.6 Å². The summed E-state index contributed by atoms with van der Waals surface area (Å²) in [6, 6.07) is 12.6. The molecule has 1 atom stereocenters. The second-order valence-electron chi connectivity index (χ2n) is 9.46. The lowest BCUT2D eigenvalue weighted by atomic mass is 9.95. The van der Waals surface area contributed by atoms with Gasteiger partial charge >= 0.3 is 0 Å². The minimum absolute atomic E-state index is 0.268. The molecule has 2 aromatic carbocycles. The number of hydrogen-bond acceptors (Lipinski definition) is 6. The van der Waals surface area contributed by atoms with Crippen molar-refractivity contribution < 1.29 is 23.3 Å². The third kappa shape index (κ3) is 7.02. The van der Waals surface area contributed by atoms with Crippen molar-refractivity contribution in [1.82, 2.24) is 14.5 Å². The lowest BCUT2D eigenvalue weighted by Crippen LogP contribution is -2.39. The topological polar surface area (TPSA) is 58.0 Å². The van der Waals surface area contributed by atoms with Gasteiger partial charge in [-0.25, -0.2) is 9.37 Å². The van der Waals surface area contributed by atoms with Gasteiger partial charge in [-0.05, 0) is 55.6 Å². The molecule has 0 spiro atoms. The minimum Gasteiger partial charge on any atom is -0.493 e. The van der Waals surface area contributed by atoms with E-state index in [2.05, 4.69) is 33.5 Å². The number of aromatic nitrogens is 2. The summed E-state index contributed by atoms with van der Waals surface area (Å²) >= 11 is 0. The van der Waals surface area contributed by atoms with E-state index >= 15 is 0 Å². The van der Waals surface area contributed by atoms with Gasteiger partial charge < -0.3 is 23.5 Å². The number of nitrogens with zero attached hydrogens (tertiary/aromatic N) is 3. The molecule has 0 bridgehead atoms. The lowest BCUT2D eigenvalue weighted by Gasteiger charge is -2.31. The Morgan fingerprint density at radius 3 is 2.65 bits per heavy atom. The van der Waals surface area contributed by atoms with Gasteiger partial charge in [-0.3, -0.25) is 4.90 Å². The Morgan fingerprint density at radius 1 is 1.00 bits per heavy atom. The third-order valence-electron chi connectivity index (χ3n) is 7.09. The summed E-state index contributed by atoms with van der Waals surface area (Å²) < 4.78 is 39.6. The van der Waals surface area contributed by atoms with E-state index < -0.39 is 5.60 Å². The monoisotopic (exact) mass is 511 g/mol. The van der Waals surface area contributed by atoms with Crippen LogP contribution in [0.3, 0.4) is 0 Å². The summed E-state index contributed by atoms with van der Waals surface area (Å²) in [6.07, 6.45) is 7.34.